The second-order valence-electron chi connectivity index (χ2n) is 8.06. The van der Waals surface area contributed by atoms with Gasteiger partial charge in [0.15, 0.2) is 0 Å². The number of amides is 1. The van der Waals surface area contributed by atoms with Crippen molar-refractivity contribution in [2.75, 3.05) is 19.6 Å². The maximum atomic E-state index is 13.3. The average molecular weight is 290 g/mol. The number of carbonyl (C=O) groups is 1. The van der Waals surface area contributed by atoms with E-state index in [2.05, 4.69) is 17.1 Å². The van der Waals surface area contributed by atoms with Gasteiger partial charge < -0.3 is 10.2 Å². The van der Waals surface area contributed by atoms with Crippen molar-refractivity contribution >= 4 is 5.91 Å². The maximum absolute atomic E-state index is 13.3. The SMILES string of the molecule is CCN(C(=O)C1C2CC3CC(C2)CC1C3)C1CCNCC1. The lowest BCUT2D eigenvalue weighted by atomic mass is 9.51. The van der Waals surface area contributed by atoms with Crippen LogP contribution in [0.4, 0.5) is 0 Å². The van der Waals surface area contributed by atoms with E-state index in [1.54, 1.807) is 0 Å². The normalized spacial score (nSPS) is 42.2. The Kier molecular flexibility index (Phi) is 3.72. The number of piperidine rings is 1. The van der Waals surface area contributed by atoms with Gasteiger partial charge in [-0.15, -0.1) is 0 Å². The molecule has 0 unspecified atom stereocenters. The summed E-state index contributed by atoms with van der Waals surface area (Å²) in [4.78, 5) is 15.5. The summed E-state index contributed by atoms with van der Waals surface area (Å²) in [6, 6.07) is 0.501. The van der Waals surface area contributed by atoms with Crippen LogP contribution in [-0.2, 0) is 4.79 Å². The molecule has 0 spiro atoms. The van der Waals surface area contributed by atoms with E-state index in [4.69, 9.17) is 0 Å². The van der Waals surface area contributed by atoms with Crippen molar-refractivity contribution in [3.63, 3.8) is 0 Å². The van der Waals surface area contributed by atoms with Crippen LogP contribution in [0.3, 0.4) is 0 Å². The molecule has 0 atom stereocenters. The third kappa shape index (κ3) is 2.42. The van der Waals surface area contributed by atoms with Gasteiger partial charge in [0.2, 0.25) is 5.91 Å². The highest BCUT2D eigenvalue weighted by Gasteiger charge is 2.51. The molecule has 4 aliphatic carbocycles. The lowest BCUT2D eigenvalue weighted by Gasteiger charge is -2.54. The monoisotopic (exact) mass is 290 g/mol. The first-order chi connectivity index (χ1) is 10.3. The quantitative estimate of drug-likeness (QED) is 0.866. The number of carbonyl (C=O) groups excluding carboxylic acids is 1. The van der Waals surface area contributed by atoms with Gasteiger partial charge >= 0.3 is 0 Å². The fraction of sp³-hybridized carbons (Fsp3) is 0.944. The van der Waals surface area contributed by atoms with Crippen LogP contribution in [0.2, 0.25) is 0 Å². The Balaban J connectivity index is 1.50. The number of hydrogen-bond acceptors (Lipinski definition) is 2. The van der Waals surface area contributed by atoms with Crippen LogP contribution >= 0.6 is 0 Å². The minimum Gasteiger partial charge on any atom is -0.340 e. The molecule has 0 radical (unpaired) electrons. The highest BCUT2D eigenvalue weighted by atomic mass is 16.2. The Morgan fingerprint density at radius 2 is 1.57 bits per heavy atom. The van der Waals surface area contributed by atoms with Crippen LogP contribution < -0.4 is 5.32 Å². The fourth-order valence-corrected chi connectivity index (χ4v) is 6.23. The summed E-state index contributed by atoms with van der Waals surface area (Å²) in [5.41, 5.74) is 0. The zero-order chi connectivity index (χ0) is 14.4. The Hall–Kier alpha value is -0.570. The molecular formula is C18H30N2O. The number of hydrogen-bond donors (Lipinski definition) is 1. The second-order valence-corrected chi connectivity index (χ2v) is 8.06. The molecule has 0 aromatic carbocycles. The van der Waals surface area contributed by atoms with E-state index >= 15 is 0 Å². The summed E-state index contributed by atoms with van der Waals surface area (Å²) in [5, 5.41) is 3.43. The first-order valence-electron chi connectivity index (χ1n) is 9.27. The van der Waals surface area contributed by atoms with E-state index < -0.39 is 0 Å². The van der Waals surface area contributed by atoms with E-state index in [0.29, 0.717) is 17.9 Å². The molecule has 1 saturated heterocycles. The van der Waals surface area contributed by atoms with Crippen LogP contribution in [0.5, 0.6) is 0 Å². The Bertz CT molecular complexity index is 374. The highest BCUT2D eigenvalue weighted by molar-refractivity contribution is 5.80. The van der Waals surface area contributed by atoms with Gasteiger partial charge in [0, 0.05) is 18.5 Å². The third-order valence-corrected chi connectivity index (χ3v) is 6.89. The lowest BCUT2D eigenvalue weighted by Crippen LogP contribution is -2.55. The van der Waals surface area contributed by atoms with Gasteiger partial charge in [0.05, 0.1) is 0 Å². The van der Waals surface area contributed by atoms with Crippen molar-refractivity contribution in [1.82, 2.24) is 10.2 Å². The van der Waals surface area contributed by atoms with Crippen LogP contribution in [0.25, 0.3) is 0 Å². The molecule has 5 rings (SSSR count). The predicted octanol–water partition coefficient (Wildman–Crippen LogP) is 2.66. The minimum absolute atomic E-state index is 0.382. The Morgan fingerprint density at radius 3 is 2.10 bits per heavy atom. The number of rotatable bonds is 3. The Morgan fingerprint density at radius 1 is 1.00 bits per heavy atom. The van der Waals surface area contributed by atoms with Gasteiger partial charge in [-0.1, -0.05) is 0 Å². The van der Waals surface area contributed by atoms with Crippen LogP contribution in [0.15, 0.2) is 0 Å². The second kappa shape index (κ2) is 5.57. The van der Waals surface area contributed by atoms with Crippen molar-refractivity contribution < 1.29 is 4.79 Å². The van der Waals surface area contributed by atoms with E-state index in [1.807, 2.05) is 0 Å². The Labute approximate surface area is 128 Å². The molecule has 3 nitrogen and oxygen atoms in total. The van der Waals surface area contributed by atoms with Gasteiger partial charge in [-0.25, -0.2) is 0 Å². The van der Waals surface area contributed by atoms with E-state index in [1.165, 1.54) is 32.1 Å². The molecule has 0 aromatic heterocycles. The van der Waals surface area contributed by atoms with Crippen LogP contribution in [-0.4, -0.2) is 36.5 Å². The highest BCUT2D eigenvalue weighted by Crippen LogP contribution is 2.57. The standard InChI is InChI=1S/C18H30N2O/c1-2-20(16-3-5-19-6-4-16)18(21)17-14-8-12-7-13(10-14)11-15(17)9-12/h12-17,19H,2-11H2,1H3. The van der Waals surface area contributed by atoms with Gasteiger partial charge in [0.1, 0.15) is 0 Å². The largest absolute Gasteiger partial charge is 0.340 e. The van der Waals surface area contributed by atoms with Crippen molar-refractivity contribution in [3.8, 4) is 0 Å². The molecule has 5 fully saturated rings. The molecular weight excluding hydrogens is 260 g/mol. The average Bonchev–Trinajstić information content (AvgIpc) is 2.48. The van der Waals surface area contributed by atoms with Crippen LogP contribution in [0, 0.1) is 29.6 Å². The third-order valence-electron chi connectivity index (χ3n) is 6.89. The summed E-state index contributed by atoms with van der Waals surface area (Å²) in [6.07, 6.45) is 9.18. The molecule has 1 heterocycles. The first-order valence-corrected chi connectivity index (χ1v) is 9.27. The van der Waals surface area contributed by atoms with E-state index in [0.717, 1.165) is 56.1 Å². The molecule has 3 heteroatoms. The van der Waals surface area contributed by atoms with Crippen molar-refractivity contribution in [1.29, 1.82) is 0 Å². The van der Waals surface area contributed by atoms with Crippen molar-refractivity contribution in [2.45, 2.75) is 57.9 Å². The zero-order valence-electron chi connectivity index (χ0n) is 13.4. The molecule has 1 amide bonds. The number of nitrogens with zero attached hydrogens (tertiary/aromatic N) is 1. The summed E-state index contributed by atoms with van der Waals surface area (Å²) in [6.45, 7) is 5.24. The van der Waals surface area contributed by atoms with Gasteiger partial charge in [-0.05, 0) is 88.6 Å². The summed E-state index contributed by atoms with van der Waals surface area (Å²) in [5.74, 6) is 4.29. The predicted molar refractivity (Wildman–Crippen MR) is 83.8 cm³/mol. The lowest BCUT2D eigenvalue weighted by molar-refractivity contribution is -0.151. The minimum atomic E-state index is 0.382. The zero-order valence-corrected chi connectivity index (χ0v) is 13.4. The van der Waals surface area contributed by atoms with E-state index in [-0.39, 0.29) is 0 Å². The fourth-order valence-electron chi connectivity index (χ4n) is 6.23. The van der Waals surface area contributed by atoms with Crippen molar-refractivity contribution in [2.24, 2.45) is 29.6 Å². The molecule has 5 aliphatic rings. The maximum Gasteiger partial charge on any atom is 0.226 e. The van der Waals surface area contributed by atoms with Crippen molar-refractivity contribution in [3.05, 3.63) is 0 Å². The molecule has 118 valence electrons. The van der Waals surface area contributed by atoms with Gasteiger partial charge in [-0.3, -0.25) is 4.79 Å². The molecule has 0 aromatic rings. The summed E-state index contributed by atoms with van der Waals surface area (Å²) >= 11 is 0. The summed E-state index contributed by atoms with van der Waals surface area (Å²) < 4.78 is 0. The smallest absolute Gasteiger partial charge is 0.226 e. The molecule has 4 bridgehead atoms. The molecule has 21 heavy (non-hydrogen) atoms. The first kappa shape index (κ1) is 14.0. The number of nitrogens with one attached hydrogen (secondary N) is 1. The molecule has 1 N–H and O–H groups in total. The summed E-state index contributed by atoms with van der Waals surface area (Å²) in [7, 11) is 0. The van der Waals surface area contributed by atoms with E-state index in [9.17, 15) is 4.79 Å². The topological polar surface area (TPSA) is 32.3 Å². The van der Waals surface area contributed by atoms with Gasteiger partial charge in [0.25, 0.3) is 0 Å². The van der Waals surface area contributed by atoms with Crippen LogP contribution in [0.1, 0.15) is 51.9 Å². The van der Waals surface area contributed by atoms with Gasteiger partial charge in [-0.2, -0.15) is 0 Å². The molecule has 4 saturated carbocycles. The molecule has 1 aliphatic heterocycles.